The molecule has 2 rings (SSSR count). The van der Waals surface area contributed by atoms with Crippen LogP contribution >= 0.6 is 23.2 Å². The van der Waals surface area contributed by atoms with Gasteiger partial charge in [-0.1, -0.05) is 29.3 Å². The summed E-state index contributed by atoms with van der Waals surface area (Å²) in [7, 11) is 1.85. The van der Waals surface area contributed by atoms with Crippen molar-refractivity contribution in [2.24, 2.45) is 0 Å². The number of ether oxygens (including phenoxy) is 1. The van der Waals surface area contributed by atoms with Crippen molar-refractivity contribution >= 4 is 28.9 Å². The van der Waals surface area contributed by atoms with Crippen LogP contribution in [0.4, 0.5) is 5.69 Å². The molecule has 0 saturated carbocycles. The predicted molar refractivity (Wildman–Crippen MR) is 74.6 cm³/mol. The first-order valence-electron chi connectivity index (χ1n) is 5.40. The number of halogens is 2. The first-order chi connectivity index (χ1) is 8.70. The fourth-order valence-electron chi connectivity index (χ4n) is 1.48. The van der Waals surface area contributed by atoms with Gasteiger partial charge in [0.2, 0.25) is 0 Å². The van der Waals surface area contributed by atoms with E-state index in [4.69, 9.17) is 27.9 Å². The Balaban J connectivity index is 2.11. The predicted octanol–water partition coefficient (Wildman–Crippen LogP) is 4.01. The number of aromatic nitrogens is 1. The lowest BCUT2D eigenvalue weighted by Crippen LogP contribution is -2.00. The highest BCUT2D eigenvalue weighted by atomic mass is 35.5. The molecule has 2 aromatic rings. The molecular formula is C13H12Cl2N2O. The molecule has 0 bridgehead atoms. The number of anilines is 1. The summed E-state index contributed by atoms with van der Waals surface area (Å²) in [5.74, 6) is 0.484. The second-order valence-electron chi connectivity index (χ2n) is 3.63. The van der Waals surface area contributed by atoms with Crippen molar-refractivity contribution in [2.45, 2.75) is 6.61 Å². The van der Waals surface area contributed by atoms with Crippen LogP contribution in [0.2, 0.25) is 10.0 Å². The molecule has 18 heavy (non-hydrogen) atoms. The van der Waals surface area contributed by atoms with Crippen molar-refractivity contribution < 1.29 is 4.74 Å². The Kier molecular flexibility index (Phi) is 4.28. The summed E-state index contributed by atoms with van der Waals surface area (Å²) >= 11 is 12.0. The van der Waals surface area contributed by atoms with Crippen molar-refractivity contribution in [3.05, 3.63) is 52.3 Å². The fourth-order valence-corrected chi connectivity index (χ4v) is 1.99. The third-order valence-electron chi connectivity index (χ3n) is 2.39. The topological polar surface area (TPSA) is 34.2 Å². The van der Waals surface area contributed by atoms with Crippen LogP contribution in [-0.4, -0.2) is 12.0 Å². The van der Waals surface area contributed by atoms with Gasteiger partial charge in [0.05, 0.1) is 15.7 Å². The van der Waals surface area contributed by atoms with E-state index in [9.17, 15) is 0 Å². The van der Waals surface area contributed by atoms with E-state index in [2.05, 4.69) is 10.3 Å². The van der Waals surface area contributed by atoms with E-state index in [-0.39, 0.29) is 0 Å². The van der Waals surface area contributed by atoms with Gasteiger partial charge in [0.15, 0.2) is 5.75 Å². The van der Waals surface area contributed by atoms with Crippen LogP contribution in [0.1, 0.15) is 5.69 Å². The lowest BCUT2D eigenvalue weighted by atomic mass is 10.3. The Morgan fingerprint density at radius 3 is 2.61 bits per heavy atom. The molecule has 1 aromatic carbocycles. The number of hydrogen-bond acceptors (Lipinski definition) is 3. The quantitative estimate of drug-likeness (QED) is 0.920. The average Bonchev–Trinajstić information content (AvgIpc) is 2.38. The molecule has 0 aliphatic rings. The van der Waals surface area contributed by atoms with Crippen molar-refractivity contribution in [3.63, 3.8) is 0 Å². The second kappa shape index (κ2) is 5.94. The molecule has 0 unspecified atom stereocenters. The number of para-hydroxylation sites is 1. The number of nitrogens with one attached hydrogen (secondary N) is 1. The first-order valence-corrected chi connectivity index (χ1v) is 6.16. The van der Waals surface area contributed by atoms with Crippen LogP contribution in [0.25, 0.3) is 0 Å². The van der Waals surface area contributed by atoms with E-state index in [1.54, 1.807) is 24.4 Å². The van der Waals surface area contributed by atoms with Gasteiger partial charge in [-0.3, -0.25) is 4.98 Å². The standard InChI is InChI=1S/C13H12Cl2N2O/c1-16-9-5-6-17-10(7-9)8-18-13-11(14)3-2-4-12(13)15/h2-7H,8H2,1H3,(H,16,17). The maximum atomic E-state index is 6.01. The molecule has 94 valence electrons. The normalized spacial score (nSPS) is 10.2. The molecule has 1 heterocycles. The largest absolute Gasteiger partial charge is 0.484 e. The number of pyridine rings is 1. The van der Waals surface area contributed by atoms with Gasteiger partial charge in [0.1, 0.15) is 6.61 Å². The zero-order valence-corrected chi connectivity index (χ0v) is 11.3. The smallest absolute Gasteiger partial charge is 0.157 e. The zero-order valence-electron chi connectivity index (χ0n) is 9.78. The lowest BCUT2D eigenvalue weighted by Gasteiger charge is -2.09. The Hall–Kier alpha value is -1.45. The van der Waals surface area contributed by atoms with Gasteiger partial charge in [-0.25, -0.2) is 0 Å². The fraction of sp³-hybridized carbons (Fsp3) is 0.154. The summed E-state index contributed by atoms with van der Waals surface area (Å²) in [5, 5.41) is 4.03. The van der Waals surface area contributed by atoms with Crippen LogP contribution in [0.15, 0.2) is 36.5 Å². The average molecular weight is 283 g/mol. The SMILES string of the molecule is CNc1ccnc(COc2c(Cl)cccc2Cl)c1. The summed E-state index contributed by atoms with van der Waals surface area (Å²) < 4.78 is 5.60. The van der Waals surface area contributed by atoms with E-state index in [0.717, 1.165) is 11.4 Å². The highest BCUT2D eigenvalue weighted by Crippen LogP contribution is 2.32. The van der Waals surface area contributed by atoms with Crippen LogP contribution < -0.4 is 10.1 Å². The summed E-state index contributed by atoms with van der Waals surface area (Å²) in [6.07, 6.45) is 1.72. The molecule has 0 aliphatic carbocycles. The van der Waals surface area contributed by atoms with Crippen molar-refractivity contribution in [2.75, 3.05) is 12.4 Å². The zero-order chi connectivity index (χ0) is 13.0. The summed E-state index contributed by atoms with van der Waals surface area (Å²) in [5.41, 5.74) is 1.78. The van der Waals surface area contributed by atoms with E-state index < -0.39 is 0 Å². The lowest BCUT2D eigenvalue weighted by molar-refractivity contribution is 0.302. The Morgan fingerprint density at radius 1 is 1.22 bits per heavy atom. The molecule has 0 radical (unpaired) electrons. The minimum absolute atomic E-state index is 0.318. The molecule has 0 aliphatic heterocycles. The summed E-state index contributed by atoms with van der Waals surface area (Å²) in [4.78, 5) is 4.21. The molecule has 5 heteroatoms. The Labute approximate surface area is 116 Å². The number of benzene rings is 1. The molecule has 1 N–H and O–H groups in total. The van der Waals surface area contributed by atoms with E-state index in [1.165, 1.54) is 0 Å². The van der Waals surface area contributed by atoms with Crippen LogP contribution in [0.3, 0.4) is 0 Å². The number of rotatable bonds is 4. The molecule has 0 amide bonds. The monoisotopic (exact) mass is 282 g/mol. The summed E-state index contributed by atoms with van der Waals surface area (Å²) in [6, 6.07) is 9.04. The molecule has 0 spiro atoms. The van der Waals surface area contributed by atoms with E-state index in [1.807, 2.05) is 19.2 Å². The van der Waals surface area contributed by atoms with Gasteiger partial charge < -0.3 is 10.1 Å². The second-order valence-corrected chi connectivity index (χ2v) is 4.44. The molecule has 0 saturated heterocycles. The molecular weight excluding hydrogens is 271 g/mol. The van der Waals surface area contributed by atoms with Crippen molar-refractivity contribution in [1.29, 1.82) is 0 Å². The molecule has 0 fully saturated rings. The van der Waals surface area contributed by atoms with Gasteiger partial charge in [-0.15, -0.1) is 0 Å². The molecule has 0 atom stereocenters. The van der Waals surface area contributed by atoms with Gasteiger partial charge >= 0.3 is 0 Å². The highest BCUT2D eigenvalue weighted by molar-refractivity contribution is 6.37. The minimum Gasteiger partial charge on any atom is -0.484 e. The van der Waals surface area contributed by atoms with Gasteiger partial charge in [-0.2, -0.15) is 0 Å². The maximum absolute atomic E-state index is 6.01. The Bertz CT molecular complexity index is 526. The highest BCUT2D eigenvalue weighted by Gasteiger charge is 2.07. The van der Waals surface area contributed by atoms with Crippen molar-refractivity contribution in [1.82, 2.24) is 4.98 Å². The third kappa shape index (κ3) is 3.06. The van der Waals surface area contributed by atoms with E-state index in [0.29, 0.717) is 22.4 Å². The van der Waals surface area contributed by atoms with E-state index >= 15 is 0 Å². The van der Waals surface area contributed by atoms with Gasteiger partial charge in [0.25, 0.3) is 0 Å². The number of nitrogens with zero attached hydrogens (tertiary/aromatic N) is 1. The molecule has 3 nitrogen and oxygen atoms in total. The summed E-state index contributed by atoms with van der Waals surface area (Å²) in [6.45, 7) is 0.318. The van der Waals surface area contributed by atoms with Gasteiger partial charge in [-0.05, 0) is 24.3 Å². The first kappa shape index (κ1) is 13.0. The van der Waals surface area contributed by atoms with Crippen LogP contribution in [0, 0.1) is 0 Å². The third-order valence-corrected chi connectivity index (χ3v) is 2.98. The van der Waals surface area contributed by atoms with Gasteiger partial charge in [0, 0.05) is 18.9 Å². The number of hydrogen-bond donors (Lipinski definition) is 1. The van der Waals surface area contributed by atoms with Crippen LogP contribution in [-0.2, 0) is 6.61 Å². The Morgan fingerprint density at radius 2 is 1.94 bits per heavy atom. The maximum Gasteiger partial charge on any atom is 0.157 e. The minimum atomic E-state index is 0.318. The van der Waals surface area contributed by atoms with Crippen LogP contribution in [0.5, 0.6) is 5.75 Å². The van der Waals surface area contributed by atoms with Crippen molar-refractivity contribution in [3.8, 4) is 5.75 Å². The molecule has 1 aromatic heterocycles.